The molecule has 14 heavy (non-hydrogen) atoms. The lowest BCUT2D eigenvalue weighted by molar-refractivity contribution is -0.121. The number of hydrogen-bond acceptors (Lipinski definition) is 1. The van der Waals surface area contributed by atoms with Crippen LogP contribution >= 0.6 is 11.6 Å². The maximum atomic E-state index is 11.7. The summed E-state index contributed by atoms with van der Waals surface area (Å²) < 4.78 is 0. The van der Waals surface area contributed by atoms with E-state index in [1.165, 1.54) is 0 Å². The third kappa shape index (κ3) is 1.83. The molecule has 1 aromatic rings. The summed E-state index contributed by atoms with van der Waals surface area (Å²) >= 11 is 6.06. The molecule has 2 heteroatoms. The van der Waals surface area contributed by atoms with Crippen molar-refractivity contribution >= 4 is 17.4 Å². The van der Waals surface area contributed by atoms with Gasteiger partial charge in [0.05, 0.1) is 0 Å². The molecule has 0 aromatic heterocycles. The van der Waals surface area contributed by atoms with Gasteiger partial charge < -0.3 is 0 Å². The van der Waals surface area contributed by atoms with E-state index in [9.17, 15) is 4.79 Å². The van der Waals surface area contributed by atoms with Gasteiger partial charge in [0.15, 0.2) is 0 Å². The lowest BCUT2D eigenvalue weighted by atomic mass is 9.83. The van der Waals surface area contributed by atoms with Crippen LogP contribution in [0.15, 0.2) is 24.3 Å². The quantitative estimate of drug-likeness (QED) is 0.690. The fraction of sp³-hybridized carbons (Fsp3) is 0.333. The fourth-order valence-corrected chi connectivity index (χ4v) is 2.16. The zero-order valence-electron chi connectivity index (χ0n) is 7.87. The molecule has 1 atom stereocenters. The molecule has 1 aromatic carbocycles. The molecule has 1 aliphatic rings. The molecule has 1 nitrogen and oxygen atoms in total. The van der Waals surface area contributed by atoms with E-state index in [-0.39, 0.29) is 5.92 Å². The van der Waals surface area contributed by atoms with Crippen molar-refractivity contribution in [2.24, 2.45) is 0 Å². The lowest BCUT2D eigenvalue weighted by Crippen LogP contribution is -2.17. The Morgan fingerprint density at radius 1 is 1.29 bits per heavy atom. The summed E-state index contributed by atoms with van der Waals surface area (Å²) in [4.78, 5) is 11.7. The SMILES string of the molecule is O=C1CC[CH]CC1c1ccccc1Cl. The molecule has 1 fully saturated rings. The molecule has 0 heterocycles. The number of hydrogen-bond donors (Lipinski definition) is 0. The van der Waals surface area contributed by atoms with Crippen molar-refractivity contribution in [2.45, 2.75) is 25.2 Å². The summed E-state index contributed by atoms with van der Waals surface area (Å²) in [5.41, 5.74) is 0.982. The monoisotopic (exact) mass is 207 g/mol. The van der Waals surface area contributed by atoms with Crippen LogP contribution in [0.1, 0.15) is 30.7 Å². The highest BCUT2D eigenvalue weighted by Crippen LogP contribution is 2.33. The van der Waals surface area contributed by atoms with Gasteiger partial charge in [-0.15, -0.1) is 0 Å². The van der Waals surface area contributed by atoms with Gasteiger partial charge in [-0.1, -0.05) is 29.8 Å². The van der Waals surface area contributed by atoms with Crippen LogP contribution in [-0.4, -0.2) is 5.78 Å². The first-order chi connectivity index (χ1) is 6.79. The molecule has 0 aliphatic heterocycles. The molecule has 0 amide bonds. The number of rotatable bonds is 1. The highest BCUT2D eigenvalue weighted by Gasteiger charge is 2.25. The maximum Gasteiger partial charge on any atom is 0.140 e. The van der Waals surface area contributed by atoms with Gasteiger partial charge in [-0.3, -0.25) is 4.79 Å². The minimum absolute atomic E-state index is 0.00236. The summed E-state index contributed by atoms with van der Waals surface area (Å²) in [6, 6.07) is 7.62. The topological polar surface area (TPSA) is 17.1 Å². The van der Waals surface area contributed by atoms with Crippen LogP contribution in [0.4, 0.5) is 0 Å². The fourth-order valence-electron chi connectivity index (χ4n) is 1.89. The van der Waals surface area contributed by atoms with Gasteiger partial charge in [-0.2, -0.15) is 0 Å². The third-order valence-electron chi connectivity index (χ3n) is 2.67. The van der Waals surface area contributed by atoms with Crippen molar-refractivity contribution in [2.75, 3.05) is 0 Å². The van der Waals surface area contributed by atoms with E-state index in [1.54, 1.807) is 0 Å². The molecular formula is C12H12ClO. The Morgan fingerprint density at radius 3 is 2.79 bits per heavy atom. The number of benzene rings is 1. The van der Waals surface area contributed by atoms with Crippen molar-refractivity contribution in [3.63, 3.8) is 0 Å². The van der Waals surface area contributed by atoms with Gasteiger partial charge in [0.1, 0.15) is 5.78 Å². The Labute approximate surface area is 89.1 Å². The molecule has 1 saturated carbocycles. The molecule has 2 rings (SSSR count). The van der Waals surface area contributed by atoms with Crippen molar-refractivity contribution in [3.8, 4) is 0 Å². The second-order valence-electron chi connectivity index (χ2n) is 3.60. The van der Waals surface area contributed by atoms with E-state index in [2.05, 4.69) is 6.42 Å². The first-order valence-electron chi connectivity index (χ1n) is 4.88. The van der Waals surface area contributed by atoms with Gasteiger partial charge >= 0.3 is 0 Å². The Hall–Kier alpha value is -0.820. The summed E-state index contributed by atoms with van der Waals surface area (Å²) in [6.45, 7) is 0. The predicted octanol–water partition coefficient (Wildman–Crippen LogP) is 3.38. The van der Waals surface area contributed by atoms with E-state index in [0.717, 1.165) is 18.4 Å². The van der Waals surface area contributed by atoms with Crippen molar-refractivity contribution in [1.82, 2.24) is 0 Å². The first-order valence-corrected chi connectivity index (χ1v) is 5.25. The highest BCUT2D eigenvalue weighted by molar-refractivity contribution is 6.31. The van der Waals surface area contributed by atoms with Gasteiger partial charge in [-0.25, -0.2) is 0 Å². The summed E-state index contributed by atoms with van der Waals surface area (Å²) in [5, 5.41) is 0.709. The number of carbonyl (C=O) groups excluding carboxylic acids is 1. The average Bonchev–Trinajstić information content (AvgIpc) is 2.20. The number of Topliss-reactive ketones (excluding diaryl/α,β-unsaturated/α-hetero) is 1. The van der Waals surface area contributed by atoms with E-state index in [0.29, 0.717) is 17.2 Å². The molecular weight excluding hydrogens is 196 g/mol. The molecule has 1 radical (unpaired) electrons. The molecule has 0 N–H and O–H groups in total. The zero-order chi connectivity index (χ0) is 9.97. The van der Waals surface area contributed by atoms with Crippen molar-refractivity contribution < 1.29 is 4.79 Å². The van der Waals surface area contributed by atoms with Crippen LogP contribution in [0.5, 0.6) is 0 Å². The van der Waals surface area contributed by atoms with E-state index in [4.69, 9.17) is 11.6 Å². The second kappa shape index (κ2) is 4.14. The number of carbonyl (C=O) groups is 1. The molecule has 0 spiro atoms. The largest absolute Gasteiger partial charge is 0.299 e. The summed E-state index contributed by atoms with van der Waals surface area (Å²) in [7, 11) is 0. The minimum atomic E-state index is -0.00236. The van der Waals surface area contributed by atoms with Crippen LogP contribution in [0, 0.1) is 6.42 Å². The van der Waals surface area contributed by atoms with Gasteiger partial charge in [-0.05, 0) is 30.9 Å². The van der Waals surface area contributed by atoms with Crippen molar-refractivity contribution in [1.29, 1.82) is 0 Å². The predicted molar refractivity (Wildman–Crippen MR) is 57.4 cm³/mol. The Bertz CT molecular complexity index is 346. The Morgan fingerprint density at radius 2 is 2.07 bits per heavy atom. The van der Waals surface area contributed by atoms with Crippen LogP contribution in [0.3, 0.4) is 0 Å². The summed E-state index contributed by atoms with van der Waals surface area (Å²) in [5.74, 6) is 0.318. The minimum Gasteiger partial charge on any atom is -0.299 e. The Balaban J connectivity index is 2.29. The van der Waals surface area contributed by atoms with Crippen molar-refractivity contribution in [3.05, 3.63) is 41.3 Å². The average molecular weight is 208 g/mol. The third-order valence-corrected chi connectivity index (χ3v) is 3.01. The number of halogens is 1. The van der Waals surface area contributed by atoms with Crippen LogP contribution < -0.4 is 0 Å². The van der Waals surface area contributed by atoms with Gasteiger partial charge in [0, 0.05) is 17.4 Å². The Kier molecular flexibility index (Phi) is 2.87. The molecule has 0 saturated heterocycles. The molecule has 0 bridgehead atoms. The van der Waals surface area contributed by atoms with E-state index < -0.39 is 0 Å². The van der Waals surface area contributed by atoms with E-state index >= 15 is 0 Å². The standard InChI is InChI=1S/C12H12ClO/c13-11-7-3-1-5-9(11)10-6-2-4-8-12(10)14/h1-3,5,7,10H,4,6,8H2. The molecule has 1 aliphatic carbocycles. The normalized spacial score (nSPS) is 22.4. The van der Waals surface area contributed by atoms with Gasteiger partial charge in [0.25, 0.3) is 0 Å². The highest BCUT2D eigenvalue weighted by atomic mass is 35.5. The molecule has 1 unspecified atom stereocenters. The van der Waals surface area contributed by atoms with E-state index in [1.807, 2.05) is 24.3 Å². The van der Waals surface area contributed by atoms with Crippen LogP contribution in [0.25, 0.3) is 0 Å². The van der Waals surface area contributed by atoms with Gasteiger partial charge in [0.2, 0.25) is 0 Å². The maximum absolute atomic E-state index is 11.7. The zero-order valence-corrected chi connectivity index (χ0v) is 8.63. The smallest absolute Gasteiger partial charge is 0.140 e. The second-order valence-corrected chi connectivity index (χ2v) is 4.01. The number of ketones is 1. The summed E-state index contributed by atoms with van der Waals surface area (Å²) in [6.07, 6.45) is 4.59. The molecule has 73 valence electrons. The van der Waals surface area contributed by atoms with Crippen LogP contribution in [-0.2, 0) is 4.79 Å². The van der Waals surface area contributed by atoms with Crippen LogP contribution in [0.2, 0.25) is 5.02 Å². The first kappa shape index (κ1) is 9.72. The lowest BCUT2D eigenvalue weighted by Gasteiger charge is -2.21.